The zero-order chi connectivity index (χ0) is 19.9. The second-order valence-corrected chi connectivity index (χ2v) is 7.68. The van der Waals surface area contributed by atoms with Crippen LogP contribution in [-0.2, 0) is 4.74 Å². The molecule has 1 aromatic carbocycles. The summed E-state index contributed by atoms with van der Waals surface area (Å²) in [7, 11) is 1.31. The van der Waals surface area contributed by atoms with Crippen molar-refractivity contribution in [3.05, 3.63) is 46.1 Å². The number of ether oxygens (including phenoxy) is 2. The van der Waals surface area contributed by atoms with Gasteiger partial charge in [0.1, 0.15) is 11.4 Å². The average molecular weight is 402 g/mol. The standard InChI is InChI=1S/C20H20ClN3O4/c1-12-9-13(21)10-14-16(25)11-20(28-18(12)14)5-7-24(8-6-20)17-4-3-15(22-23-17)19(26)27-2/h3-4,9-10H,5-8,11H2,1-2H3. The van der Waals surface area contributed by atoms with Gasteiger partial charge in [-0.2, -0.15) is 0 Å². The van der Waals surface area contributed by atoms with Crippen molar-refractivity contribution < 1.29 is 19.1 Å². The number of carbonyl (C=O) groups excluding carboxylic acids is 2. The number of benzene rings is 1. The Labute approximate surface area is 167 Å². The number of esters is 1. The molecular weight excluding hydrogens is 382 g/mol. The van der Waals surface area contributed by atoms with Gasteiger partial charge in [-0.1, -0.05) is 11.6 Å². The molecule has 1 aromatic heterocycles. The van der Waals surface area contributed by atoms with E-state index < -0.39 is 11.6 Å². The first kappa shape index (κ1) is 18.7. The second-order valence-electron chi connectivity index (χ2n) is 7.24. The molecule has 2 aromatic rings. The molecule has 1 fully saturated rings. The maximum Gasteiger partial charge on any atom is 0.358 e. The molecule has 2 aliphatic rings. The van der Waals surface area contributed by atoms with Gasteiger partial charge < -0.3 is 14.4 Å². The number of carbonyl (C=O) groups is 2. The molecule has 0 radical (unpaired) electrons. The molecule has 3 heterocycles. The lowest BCUT2D eigenvalue weighted by Gasteiger charge is -2.44. The minimum Gasteiger partial charge on any atom is -0.486 e. The molecule has 28 heavy (non-hydrogen) atoms. The second kappa shape index (κ2) is 7.05. The van der Waals surface area contributed by atoms with Crippen molar-refractivity contribution in [3.63, 3.8) is 0 Å². The first-order valence-electron chi connectivity index (χ1n) is 9.10. The van der Waals surface area contributed by atoms with E-state index in [1.165, 1.54) is 7.11 Å². The molecule has 0 unspecified atom stereocenters. The normalized spacial score (nSPS) is 17.8. The highest BCUT2D eigenvalue weighted by Gasteiger charge is 2.43. The molecule has 1 saturated heterocycles. The Bertz CT molecular complexity index is 937. The fraction of sp³-hybridized carbons (Fsp3) is 0.400. The van der Waals surface area contributed by atoms with Crippen molar-refractivity contribution >= 4 is 29.2 Å². The summed E-state index contributed by atoms with van der Waals surface area (Å²) >= 11 is 6.10. The minimum atomic E-state index is -0.514. The lowest BCUT2D eigenvalue weighted by atomic mass is 9.82. The Morgan fingerprint density at radius 3 is 2.64 bits per heavy atom. The predicted octanol–water partition coefficient (Wildman–Crippen LogP) is 3.23. The molecule has 0 atom stereocenters. The van der Waals surface area contributed by atoms with Crippen LogP contribution in [0.4, 0.5) is 5.82 Å². The number of ketones is 1. The highest BCUT2D eigenvalue weighted by molar-refractivity contribution is 6.31. The van der Waals surface area contributed by atoms with Crippen LogP contribution in [0.3, 0.4) is 0 Å². The van der Waals surface area contributed by atoms with Gasteiger partial charge in [-0.15, -0.1) is 10.2 Å². The van der Waals surface area contributed by atoms with Gasteiger partial charge >= 0.3 is 5.97 Å². The molecule has 0 aliphatic carbocycles. The zero-order valence-corrected chi connectivity index (χ0v) is 16.5. The number of Topliss-reactive ketones (excluding diaryl/α,β-unsaturated/α-hetero) is 1. The van der Waals surface area contributed by atoms with Gasteiger partial charge in [0, 0.05) is 31.0 Å². The monoisotopic (exact) mass is 401 g/mol. The Hall–Kier alpha value is -2.67. The lowest BCUT2D eigenvalue weighted by Crippen LogP contribution is -2.51. The molecule has 0 N–H and O–H groups in total. The Balaban J connectivity index is 1.49. The maximum absolute atomic E-state index is 12.7. The largest absolute Gasteiger partial charge is 0.486 e. The zero-order valence-electron chi connectivity index (χ0n) is 15.7. The van der Waals surface area contributed by atoms with E-state index in [1.807, 2.05) is 13.0 Å². The quantitative estimate of drug-likeness (QED) is 0.714. The van der Waals surface area contributed by atoms with E-state index in [0.717, 1.165) is 5.56 Å². The summed E-state index contributed by atoms with van der Waals surface area (Å²) in [6.07, 6.45) is 1.74. The van der Waals surface area contributed by atoms with Crippen molar-refractivity contribution in [1.82, 2.24) is 10.2 Å². The first-order chi connectivity index (χ1) is 13.4. The smallest absolute Gasteiger partial charge is 0.358 e. The number of anilines is 1. The molecule has 8 heteroatoms. The van der Waals surface area contributed by atoms with Gasteiger partial charge in [0.05, 0.1) is 19.1 Å². The van der Waals surface area contributed by atoms with Crippen LogP contribution in [-0.4, -0.2) is 47.8 Å². The molecule has 7 nitrogen and oxygen atoms in total. The maximum atomic E-state index is 12.7. The van der Waals surface area contributed by atoms with E-state index in [9.17, 15) is 9.59 Å². The highest BCUT2D eigenvalue weighted by atomic mass is 35.5. The summed E-state index contributed by atoms with van der Waals surface area (Å²) in [6, 6.07) is 6.86. The summed E-state index contributed by atoms with van der Waals surface area (Å²) in [5.41, 5.74) is 1.12. The van der Waals surface area contributed by atoms with Crippen molar-refractivity contribution in [1.29, 1.82) is 0 Å². The van der Waals surface area contributed by atoms with E-state index in [-0.39, 0.29) is 11.5 Å². The highest BCUT2D eigenvalue weighted by Crippen LogP contribution is 2.42. The van der Waals surface area contributed by atoms with Crippen LogP contribution in [0.25, 0.3) is 0 Å². The molecule has 0 amide bonds. The molecule has 0 bridgehead atoms. The number of piperidine rings is 1. The predicted molar refractivity (Wildman–Crippen MR) is 103 cm³/mol. The molecule has 146 valence electrons. The number of hydrogen-bond donors (Lipinski definition) is 0. The van der Waals surface area contributed by atoms with Crippen LogP contribution in [0.1, 0.15) is 45.7 Å². The van der Waals surface area contributed by atoms with E-state index in [4.69, 9.17) is 16.3 Å². The Kier molecular flexibility index (Phi) is 4.71. The van der Waals surface area contributed by atoms with Crippen LogP contribution in [0.5, 0.6) is 5.75 Å². The summed E-state index contributed by atoms with van der Waals surface area (Å²) in [6.45, 7) is 3.27. The fourth-order valence-corrected chi connectivity index (χ4v) is 4.12. The van der Waals surface area contributed by atoms with Gasteiger partial charge in [0.25, 0.3) is 0 Å². The van der Waals surface area contributed by atoms with Crippen LogP contribution >= 0.6 is 11.6 Å². The summed E-state index contributed by atoms with van der Waals surface area (Å²) in [5.74, 6) is 0.895. The van der Waals surface area contributed by atoms with Gasteiger partial charge in [-0.3, -0.25) is 4.79 Å². The summed E-state index contributed by atoms with van der Waals surface area (Å²) < 4.78 is 11.0. The number of hydrogen-bond acceptors (Lipinski definition) is 7. The number of aromatic nitrogens is 2. The SMILES string of the molecule is COC(=O)c1ccc(N2CCC3(CC2)CC(=O)c2cc(Cl)cc(C)c2O3)nn1. The number of nitrogens with zero attached hydrogens (tertiary/aromatic N) is 3. The minimum absolute atomic E-state index is 0.0718. The summed E-state index contributed by atoms with van der Waals surface area (Å²) in [4.78, 5) is 26.3. The van der Waals surface area contributed by atoms with Gasteiger partial charge in [-0.25, -0.2) is 4.79 Å². The number of fused-ring (bicyclic) bond motifs is 1. The summed E-state index contributed by atoms with van der Waals surface area (Å²) in [5, 5.41) is 8.61. The fourth-order valence-electron chi connectivity index (χ4n) is 3.84. The topological polar surface area (TPSA) is 81.6 Å². The Morgan fingerprint density at radius 1 is 1.25 bits per heavy atom. The van der Waals surface area contributed by atoms with Gasteiger partial charge in [-0.05, 0) is 36.8 Å². The molecule has 2 aliphatic heterocycles. The van der Waals surface area contributed by atoms with Gasteiger partial charge in [0.15, 0.2) is 17.3 Å². The van der Waals surface area contributed by atoms with Crippen LogP contribution in [0.2, 0.25) is 5.02 Å². The van der Waals surface area contributed by atoms with E-state index in [0.29, 0.717) is 54.5 Å². The van der Waals surface area contributed by atoms with E-state index in [1.54, 1.807) is 18.2 Å². The van der Waals surface area contributed by atoms with Crippen LogP contribution in [0, 0.1) is 6.92 Å². The van der Waals surface area contributed by atoms with Crippen molar-refractivity contribution in [2.75, 3.05) is 25.1 Å². The lowest BCUT2D eigenvalue weighted by molar-refractivity contribution is 0.0225. The van der Waals surface area contributed by atoms with Crippen molar-refractivity contribution in [3.8, 4) is 5.75 Å². The van der Waals surface area contributed by atoms with Crippen LogP contribution in [0.15, 0.2) is 24.3 Å². The first-order valence-corrected chi connectivity index (χ1v) is 9.48. The van der Waals surface area contributed by atoms with E-state index in [2.05, 4.69) is 19.8 Å². The third-order valence-corrected chi connectivity index (χ3v) is 5.60. The number of rotatable bonds is 2. The van der Waals surface area contributed by atoms with E-state index >= 15 is 0 Å². The van der Waals surface area contributed by atoms with Crippen molar-refractivity contribution in [2.24, 2.45) is 0 Å². The molecular formula is C20H20ClN3O4. The number of methoxy groups -OCH3 is 1. The molecule has 1 spiro atoms. The van der Waals surface area contributed by atoms with Gasteiger partial charge in [0.2, 0.25) is 0 Å². The Morgan fingerprint density at radius 2 is 2.00 bits per heavy atom. The molecule has 0 saturated carbocycles. The third kappa shape index (κ3) is 3.30. The number of aryl methyl sites for hydroxylation is 1. The number of halogens is 1. The average Bonchev–Trinajstić information content (AvgIpc) is 2.69. The van der Waals surface area contributed by atoms with Crippen LogP contribution < -0.4 is 9.64 Å². The van der Waals surface area contributed by atoms with Crippen molar-refractivity contribution in [2.45, 2.75) is 31.8 Å². The third-order valence-electron chi connectivity index (χ3n) is 5.38. The molecule has 4 rings (SSSR count).